The van der Waals surface area contributed by atoms with Crippen molar-refractivity contribution in [2.45, 2.75) is 69.6 Å². The van der Waals surface area contributed by atoms with Gasteiger partial charge in [-0.25, -0.2) is 9.18 Å². The molecule has 4 rings (SSSR count). The Balaban J connectivity index is 1.36. The molecule has 3 unspecified atom stereocenters. The van der Waals surface area contributed by atoms with Crippen LogP contribution in [0.1, 0.15) is 55.8 Å². The van der Waals surface area contributed by atoms with Crippen molar-refractivity contribution in [2.75, 3.05) is 19.7 Å². The van der Waals surface area contributed by atoms with Crippen molar-refractivity contribution in [3.8, 4) is 0 Å². The maximum absolute atomic E-state index is 13.3. The molecule has 0 radical (unpaired) electrons. The number of carbonyl (C=O) groups is 2. The maximum atomic E-state index is 13.3. The summed E-state index contributed by atoms with van der Waals surface area (Å²) in [7, 11) is 0. The Morgan fingerprint density at radius 1 is 1.20 bits per heavy atom. The summed E-state index contributed by atoms with van der Waals surface area (Å²) in [6.07, 6.45) is 5.74. The standard InChI is InChI=1S/C22H29ClFN3O3/c1-2-30-22(29)27-16-6-7-17(27)12-18(11-16)26-9-3-4-15(13-26)25-21(28)19-8-5-14(24)10-20(19)23/h5,8,10,15-18H,2-4,6-7,9,11-13H2,1H3,(H,25,28). The van der Waals surface area contributed by atoms with E-state index < -0.39 is 5.82 Å². The minimum atomic E-state index is -0.454. The second-order valence-corrected chi connectivity index (χ2v) is 8.96. The fourth-order valence-corrected chi connectivity index (χ4v) is 5.59. The number of halogens is 2. The van der Waals surface area contributed by atoms with Crippen LogP contribution in [0.5, 0.6) is 0 Å². The fraction of sp³-hybridized carbons (Fsp3) is 0.636. The van der Waals surface area contributed by atoms with Crippen LogP contribution >= 0.6 is 11.6 Å². The van der Waals surface area contributed by atoms with Crippen LogP contribution in [0, 0.1) is 5.82 Å². The summed E-state index contributed by atoms with van der Waals surface area (Å²) in [5.74, 6) is -0.715. The molecule has 0 spiro atoms. The van der Waals surface area contributed by atoms with Gasteiger partial charge in [0.1, 0.15) is 5.82 Å². The highest BCUT2D eigenvalue weighted by molar-refractivity contribution is 6.33. The summed E-state index contributed by atoms with van der Waals surface area (Å²) in [4.78, 5) is 29.4. The van der Waals surface area contributed by atoms with Crippen molar-refractivity contribution < 1.29 is 18.7 Å². The van der Waals surface area contributed by atoms with E-state index in [1.807, 2.05) is 11.8 Å². The topological polar surface area (TPSA) is 61.9 Å². The first-order chi connectivity index (χ1) is 14.5. The Labute approximate surface area is 181 Å². The largest absolute Gasteiger partial charge is 0.450 e. The number of likely N-dealkylation sites (tertiary alicyclic amines) is 1. The molecule has 3 heterocycles. The Bertz CT molecular complexity index is 794. The lowest BCUT2D eigenvalue weighted by Crippen LogP contribution is -2.56. The van der Waals surface area contributed by atoms with E-state index in [2.05, 4.69) is 10.2 Å². The molecule has 3 aliphatic rings. The predicted molar refractivity (Wildman–Crippen MR) is 112 cm³/mol. The Morgan fingerprint density at radius 2 is 1.93 bits per heavy atom. The summed E-state index contributed by atoms with van der Waals surface area (Å²) >= 11 is 6.04. The second kappa shape index (κ2) is 9.10. The van der Waals surface area contributed by atoms with Gasteiger partial charge in [-0.3, -0.25) is 9.69 Å². The third-order valence-electron chi connectivity index (χ3n) is 6.67. The van der Waals surface area contributed by atoms with Crippen LogP contribution in [-0.4, -0.2) is 65.7 Å². The highest BCUT2D eigenvalue weighted by Crippen LogP contribution is 2.38. The number of ether oxygens (including phenoxy) is 1. The van der Waals surface area contributed by atoms with Crippen LogP contribution in [0.4, 0.5) is 9.18 Å². The van der Waals surface area contributed by atoms with Gasteiger partial charge in [-0.1, -0.05) is 11.6 Å². The molecule has 8 heteroatoms. The van der Waals surface area contributed by atoms with Gasteiger partial charge in [-0.15, -0.1) is 0 Å². The van der Waals surface area contributed by atoms with Crippen LogP contribution in [0.15, 0.2) is 18.2 Å². The van der Waals surface area contributed by atoms with Gasteiger partial charge < -0.3 is 15.0 Å². The quantitative estimate of drug-likeness (QED) is 0.777. The average Bonchev–Trinajstić information content (AvgIpc) is 2.98. The summed E-state index contributed by atoms with van der Waals surface area (Å²) in [5.41, 5.74) is 0.302. The zero-order valence-electron chi connectivity index (χ0n) is 17.3. The average molecular weight is 438 g/mol. The van der Waals surface area contributed by atoms with Crippen molar-refractivity contribution in [1.29, 1.82) is 0 Å². The molecule has 6 nitrogen and oxygen atoms in total. The van der Waals surface area contributed by atoms with Crippen LogP contribution in [0.25, 0.3) is 0 Å². The van der Waals surface area contributed by atoms with E-state index in [4.69, 9.17) is 16.3 Å². The molecule has 1 aromatic rings. The molecule has 2 amide bonds. The zero-order chi connectivity index (χ0) is 21.3. The number of benzene rings is 1. The van der Waals surface area contributed by atoms with E-state index >= 15 is 0 Å². The number of fused-ring (bicyclic) bond motifs is 2. The summed E-state index contributed by atoms with van der Waals surface area (Å²) in [6, 6.07) is 4.80. The van der Waals surface area contributed by atoms with Crippen molar-refractivity contribution in [3.05, 3.63) is 34.6 Å². The molecule has 3 aliphatic heterocycles. The number of amides is 2. The molecular weight excluding hydrogens is 409 g/mol. The first-order valence-electron chi connectivity index (χ1n) is 10.9. The van der Waals surface area contributed by atoms with Crippen molar-refractivity contribution in [1.82, 2.24) is 15.1 Å². The predicted octanol–water partition coefficient (Wildman–Crippen LogP) is 3.83. The first-order valence-corrected chi connectivity index (χ1v) is 11.3. The van der Waals surface area contributed by atoms with Gasteiger partial charge in [-0.2, -0.15) is 0 Å². The molecule has 0 saturated carbocycles. The molecule has 0 aliphatic carbocycles. The highest BCUT2D eigenvalue weighted by atomic mass is 35.5. The van der Waals surface area contributed by atoms with Crippen LogP contribution in [0.2, 0.25) is 5.02 Å². The van der Waals surface area contributed by atoms with Crippen LogP contribution < -0.4 is 5.32 Å². The van der Waals surface area contributed by atoms with Crippen LogP contribution in [-0.2, 0) is 4.74 Å². The molecule has 1 N–H and O–H groups in total. The molecule has 2 bridgehead atoms. The Hall–Kier alpha value is -1.86. The van der Waals surface area contributed by atoms with E-state index in [1.54, 1.807) is 0 Å². The molecule has 3 saturated heterocycles. The zero-order valence-corrected chi connectivity index (χ0v) is 18.0. The number of nitrogens with zero attached hydrogens (tertiary/aromatic N) is 2. The number of nitrogens with one attached hydrogen (secondary N) is 1. The number of hydrogen-bond acceptors (Lipinski definition) is 4. The summed E-state index contributed by atoms with van der Waals surface area (Å²) < 4.78 is 18.5. The molecule has 3 atom stereocenters. The normalized spacial score (nSPS) is 29.0. The Kier molecular flexibility index (Phi) is 6.48. The molecule has 164 valence electrons. The highest BCUT2D eigenvalue weighted by Gasteiger charge is 2.45. The van der Waals surface area contributed by atoms with E-state index in [1.165, 1.54) is 12.1 Å². The monoisotopic (exact) mass is 437 g/mol. The number of hydrogen-bond donors (Lipinski definition) is 1. The SMILES string of the molecule is CCOC(=O)N1C2CCC1CC(N1CCCC(NC(=O)c3ccc(F)cc3Cl)C1)C2. The first kappa shape index (κ1) is 21.4. The summed E-state index contributed by atoms with van der Waals surface area (Å²) in [6.45, 7) is 4.04. The lowest BCUT2D eigenvalue weighted by atomic mass is 9.93. The van der Waals surface area contributed by atoms with Gasteiger partial charge in [0, 0.05) is 30.7 Å². The maximum Gasteiger partial charge on any atom is 0.410 e. The van der Waals surface area contributed by atoms with Crippen LogP contribution in [0.3, 0.4) is 0 Å². The summed E-state index contributed by atoms with van der Waals surface area (Å²) in [5, 5.41) is 3.20. The smallest absolute Gasteiger partial charge is 0.410 e. The molecule has 0 aromatic heterocycles. The number of piperidine rings is 2. The third kappa shape index (κ3) is 4.42. The van der Waals surface area contributed by atoms with E-state index in [0.29, 0.717) is 18.2 Å². The van der Waals surface area contributed by atoms with Crippen molar-refractivity contribution in [2.24, 2.45) is 0 Å². The molecule has 1 aromatic carbocycles. The molecular formula is C22H29ClFN3O3. The van der Waals surface area contributed by atoms with E-state index in [-0.39, 0.29) is 35.1 Å². The number of rotatable bonds is 4. The minimum Gasteiger partial charge on any atom is -0.450 e. The van der Waals surface area contributed by atoms with Crippen molar-refractivity contribution >= 4 is 23.6 Å². The second-order valence-electron chi connectivity index (χ2n) is 8.55. The Morgan fingerprint density at radius 3 is 2.60 bits per heavy atom. The van der Waals surface area contributed by atoms with Gasteiger partial charge >= 0.3 is 6.09 Å². The van der Waals surface area contributed by atoms with E-state index in [9.17, 15) is 14.0 Å². The lowest BCUT2D eigenvalue weighted by molar-refractivity contribution is 0.0309. The van der Waals surface area contributed by atoms with Gasteiger partial charge in [0.15, 0.2) is 0 Å². The van der Waals surface area contributed by atoms with Gasteiger partial charge in [-0.05, 0) is 70.2 Å². The van der Waals surface area contributed by atoms with Gasteiger partial charge in [0.05, 0.1) is 17.2 Å². The van der Waals surface area contributed by atoms with E-state index in [0.717, 1.165) is 57.7 Å². The minimum absolute atomic E-state index is 0.0353. The van der Waals surface area contributed by atoms with Gasteiger partial charge in [0.2, 0.25) is 0 Å². The fourth-order valence-electron chi connectivity index (χ4n) is 5.34. The molecule has 3 fully saturated rings. The van der Waals surface area contributed by atoms with Crippen molar-refractivity contribution in [3.63, 3.8) is 0 Å². The molecule has 30 heavy (non-hydrogen) atoms. The lowest BCUT2D eigenvalue weighted by Gasteiger charge is -2.45. The number of carbonyl (C=O) groups excluding carboxylic acids is 2. The van der Waals surface area contributed by atoms with Gasteiger partial charge in [0.25, 0.3) is 5.91 Å². The third-order valence-corrected chi connectivity index (χ3v) is 6.98.